The molecule has 1 aliphatic rings. The Morgan fingerprint density at radius 1 is 1.44 bits per heavy atom. The number of imidazole rings is 1. The van der Waals surface area contributed by atoms with E-state index in [2.05, 4.69) is 16.0 Å². The third-order valence-corrected chi connectivity index (χ3v) is 3.47. The van der Waals surface area contributed by atoms with Crippen molar-refractivity contribution in [2.75, 3.05) is 0 Å². The van der Waals surface area contributed by atoms with Crippen molar-refractivity contribution in [2.45, 2.75) is 31.2 Å². The minimum Gasteiger partial charge on any atom is -0.325 e. The van der Waals surface area contributed by atoms with Gasteiger partial charge in [0.25, 0.3) is 0 Å². The van der Waals surface area contributed by atoms with Crippen LogP contribution in [0.15, 0.2) is 18.6 Å². The normalized spacial score (nSPS) is 17.9. The zero-order chi connectivity index (χ0) is 11.2. The maximum Gasteiger partial charge on any atom is 0.159 e. The number of nitrogens with zero attached hydrogens (tertiary/aromatic N) is 3. The van der Waals surface area contributed by atoms with Crippen LogP contribution in [0.1, 0.15) is 24.8 Å². The average molecular weight is 216 g/mol. The second-order valence-corrected chi connectivity index (χ2v) is 4.86. The van der Waals surface area contributed by atoms with Gasteiger partial charge in [-0.3, -0.25) is 0 Å². The first-order valence-electron chi connectivity index (χ1n) is 5.72. The Morgan fingerprint density at radius 3 is 3.00 bits per heavy atom. The van der Waals surface area contributed by atoms with Gasteiger partial charge in [-0.15, -0.1) is 0 Å². The molecule has 2 heterocycles. The topological polar surface area (TPSA) is 56.7 Å². The molecule has 0 amide bonds. The minimum absolute atomic E-state index is 0.115. The fourth-order valence-electron chi connectivity index (χ4n) is 2.08. The highest BCUT2D eigenvalue weighted by molar-refractivity contribution is 5.74. The van der Waals surface area contributed by atoms with E-state index in [0.29, 0.717) is 0 Å². The molecule has 0 radical (unpaired) electrons. The molecular formula is C12H16N4. The van der Waals surface area contributed by atoms with Gasteiger partial charge in [-0.1, -0.05) is 0 Å². The van der Waals surface area contributed by atoms with Gasteiger partial charge in [-0.2, -0.15) is 0 Å². The van der Waals surface area contributed by atoms with E-state index in [1.807, 2.05) is 24.1 Å². The van der Waals surface area contributed by atoms with E-state index in [4.69, 9.17) is 5.73 Å². The summed E-state index contributed by atoms with van der Waals surface area (Å²) in [5, 5.41) is 0. The molecule has 0 saturated heterocycles. The molecule has 0 unspecified atom stereocenters. The molecule has 0 aliphatic heterocycles. The fraction of sp³-hybridized carbons (Fsp3) is 0.500. The first-order chi connectivity index (χ1) is 7.68. The molecule has 3 rings (SSSR count). The summed E-state index contributed by atoms with van der Waals surface area (Å²) >= 11 is 0. The third-order valence-electron chi connectivity index (χ3n) is 3.47. The SMILES string of the molecule is Cn1cnc2c(CCC3(N)CC3)ccnc21. The Kier molecular flexibility index (Phi) is 2.01. The van der Waals surface area contributed by atoms with E-state index < -0.39 is 0 Å². The molecule has 2 N–H and O–H groups in total. The smallest absolute Gasteiger partial charge is 0.159 e. The molecule has 2 aromatic rings. The minimum atomic E-state index is 0.115. The van der Waals surface area contributed by atoms with Gasteiger partial charge >= 0.3 is 0 Å². The lowest BCUT2D eigenvalue weighted by molar-refractivity contribution is 0.610. The number of aromatic nitrogens is 3. The molecule has 0 aromatic carbocycles. The predicted molar refractivity (Wildman–Crippen MR) is 63.0 cm³/mol. The van der Waals surface area contributed by atoms with E-state index in [0.717, 1.165) is 24.0 Å². The number of pyridine rings is 1. The monoisotopic (exact) mass is 216 g/mol. The van der Waals surface area contributed by atoms with Crippen LogP contribution < -0.4 is 5.73 Å². The Hall–Kier alpha value is -1.42. The summed E-state index contributed by atoms with van der Waals surface area (Å²) in [5.41, 5.74) is 9.46. The van der Waals surface area contributed by atoms with Gasteiger partial charge in [-0.05, 0) is 37.3 Å². The maximum absolute atomic E-state index is 6.10. The molecular weight excluding hydrogens is 200 g/mol. The van der Waals surface area contributed by atoms with E-state index in [9.17, 15) is 0 Å². The van der Waals surface area contributed by atoms with Gasteiger partial charge in [0.2, 0.25) is 0 Å². The highest BCUT2D eigenvalue weighted by Crippen LogP contribution is 2.36. The maximum atomic E-state index is 6.10. The Morgan fingerprint density at radius 2 is 2.25 bits per heavy atom. The summed E-state index contributed by atoms with van der Waals surface area (Å²) in [6, 6.07) is 2.06. The second-order valence-electron chi connectivity index (χ2n) is 4.86. The summed E-state index contributed by atoms with van der Waals surface area (Å²) < 4.78 is 1.95. The standard InChI is InChI=1S/C12H16N4/c1-16-8-15-10-9(3-7-14-11(10)16)2-4-12(13)5-6-12/h3,7-8H,2,4-6,13H2,1H3. The van der Waals surface area contributed by atoms with Crippen molar-refractivity contribution in [1.29, 1.82) is 0 Å². The van der Waals surface area contributed by atoms with E-state index in [-0.39, 0.29) is 5.54 Å². The van der Waals surface area contributed by atoms with Crippen LogP contribution >= 0.6 is 0 Å². The van der Waals surface area contributed by atoms with E-state index in [1.54, 1.807) is 0 Å². The van der Waals surface area contributed by atoms with Crippen LogP contribution in [-0.2, 0) is 13.5 Å². The average Bonchev–Trinajstić information content (AvgIpc) is 2.90. The lowest BCUT2D eigenvalue weighted by Gasteiger charge is -2.08. The van der Waals surface area contributed by atoms with Gasteiger partial charge in [0.1, 0.15) is 5.52 Å². The fourth-order valence-corrected chi connectivity index (χ4v) is 2.08. The molecule has 16 heavy (non-hydrogen) atoms. The highest BCUT2D eigenvalue weighted by atomic mass is 15.1. The Balaban J connectivity index is 1.90. The molecule has 1 aliphatic carbocycles. The van der Waals surface area contributed by atoms with Crippen molar-refractivity contribution >= 4 is 11.2 Å². The molecule has 84 valence electrons. The summed E-state index contributed by atoms with van der Waals surface area (Å²) in [4.78, 5) is 8.73. The van der Waals surface area contributed by atoms with Crippen LogP contribution in [0.25, 0.3) is 11.2 Å². The van der Waals surface area contributed by atoms with Crippen LogP contribution in [-0.4, -0.2) is 20.1 Å². The van der Waals surface area contributed by atoms with Gasteiger partial charge in [0.15, 0.2) is 5.65 Å². The van der Waals surface area contributed by atoms with Crippen LogP contribution in [0.5, 0.6) is 0 Å². The zero-order valence-corrected chi connectivity index (χ0v) is 9.48. The number of aryl methyl sites for hydroxylation is 2. The van der Waals surface area contributed by atoms with Crippen molar-refractivity contribution in [1.82, 2.24) is 14.5 Å². The molecule has 4 heteroatoms. The Labute approximate surface area is 94.5 Å². The molecule has 1 fully saturated rings. The summed E-state index contributed by atoms with van der Waals surface area (Å²) in [6.07, 6.45) is 8.08. The lowest BCUT2D eigenvalue weighted by atomic mass is 10.0. The largest absolute Gasteiger partial charge is 0.325 e. The van der Waals surface area contributed by atoms with Crippen molar-refractivity contribution < 1.29 is 0 Å². The van der Waals surface area contributed by atoms with Crippen LogP contribution in [0.2, 0.25) is 0 Å². The Bertz CT molecular complexity index is 525. The van der Waals surface area contributed by atoms with Crippen LogP contribution in [0.4, 0.5) is 0 Å². The summed E-state index contributed by atoms with van der Waals surface area (Å²) in [7, 11) is 1.97. The summed E-state index contributed by atoms with van der Waals surface area (Å²) in [5.74, 6) is 0. The van der Waals surface area contributed by atoms with Gasteiger partial charge < -0.3 is 10.3 Å². The molecule has 0 atom stereocenters. The van der Waals surface area contributed by atoms with Gasteiger partial charge in [0.05, 0.1) is 6.33 Å². The predicted octanol–water partition coefficient (Wildman–Crippen LogP) is 1.39. The first kappa shape index (κ1) is 9.78. The summed E-state index contributed by atoms with van der Waals surface area (Å²) in [6.45, 7) is 0. The first-order valence-corrected chi connectivity index (χ1v) is 5.72. The number of rotatable bonds is 3. The number of hydrogen-bond acceptors (Lipinski definition) is 3. The zero-order valence-electron chi connectivity index (χ0n) is 9.48. The van der Waals surface area contributed by atoms with Crippen molar-refractivity contribution in [2.24, 2.45) is 12.8 Å². The highest BCUT2D eigenvalue weighted by Gasteiger charge is 2.37. The van der Waals surface area contributed by atoms with Crippen molar-refractivity contribution in [3.63, 3.8) is 0 Å². The van der Waals surface area contributed by atoms with Crippen LogP contribution in [0.3, 0.4) is 0 Å². The lowest BCUT2D eigenvalue weighted by Crippen LogP contribution is -2.22. The third kappa shape index (κ3) is 1.59. The second kappa shape index (κ2) is 3.28. The number of fused-ring (bicyclic) bond motifs is 1. The molecule has 1 saturated carbocycles. The molecule has 2 aromatic heterocycles. The van der Waals surface area contributed by atoms with Crippen molar-refractivity contribution in [3.05, 3.63) is 24.2 Å². The molecule has 4 nitrogen and oxygen atoms in total. The van der Waals surface area contributed by atoms with Crippen LogP contribution in [0, 0.1) is 0 Å². The molecule has 0 spiro atoms. The molecule has 0 bridgehead atoms. The van der Waals surface area contributed by atoms with Gasteiger partial charge in [-0.25, -0.2) is 9.97 Å². The van der Waals surface area contributed by atoms with Crippen molar-refractivity contribution in [3.8, 4) is 0 Å². The van der Waals surface area contributed by atoms with Gasteiger partial charge in [0, 0.05) is 18.8 Å². The van der Waals surface area contributed by atoms with E-state index in [1.165, 1.54) is 18.4 Å². The number of hydrogen-bond donors (Lipinski definition) is 1. The van der Waals surface area contributed by atoms with E-state index >= 15 is 0 Å². The quantitative estimate of drug-likeness (QED) is 0.843. The number of nitrogens with two attached hydrogens (primary N) is 1.